The van der Waals surface area contributed by atoms with E-state index in [1.165, 1.54) is 14.0 Å². The number of hydrogen-bond acceptors (Lipinski definition) is 5. The third-order valence-electron chi connectivity index (χ3n) is 4.44. The highest BCUT2D eigenvalue weighted by Gasteiger charge is 2.26. The van der Waals surface area contributed by atoms with Crippen LogP contribution in [0.4, 0.5) is 5.69 Å². The van der Waals surface area contributed by atoms with E-state index in [2.05, 4.69) is 20.5 Å². The van der Waals surface area contributed by atoms with Crippen LogP contribution in [-0.4, -0.2) is 62.6 Å². The van der Waals surface area contributed by atoms with E-state index < -0.39 is 0 Å². The summed E-state index contributed by atoms with van der Waals surface area (Å²) < 4.78 is 10.6. The van der Waals surface area contributed by atoms with Crippen LogP contribution in [-0.2, 0) is 14.3 Å². The monoisotopic (exact) mass is 518 g/mol. The predicted molar refractivity (Wildman–Crippen MR) is 124 cm³/mol. The number of guanidine groups is 1. The van der Waals surface area contributed by atoms with Crippen LogP contribution in [0.2, 0.25) is 0 Å². The quantitative estimate of drug-likeness (QED) is 0.190. The van der Waals surface area contributed by atoms with E-state index in [0.29, 0.717) is 24.6 Å². The highest BCUT2D eigenvalue weighted by atomic mass is 127. The summed E-state index contributed by atoms with van der Waals surface area (Å²) in [6, 6.07) is 7.28. The summed E-state index contributed by atoms with van der Waals surface area (Å²) in [5.74, 6) is 1.25. The van der Waals surface area contributed by atoms with Crippen LogP contribution >= 0.6 is 24.0 Å². The van der Waals surface area contributed by atoms with Crippen LogP contribution < -0.4 is 15.4 Å². The van der Waals surface area contributed by atoms with Crippen LogP contribution in [0.3, 0.4) is 0 Å². The summed E-state index contributed by atoms with van der Waals surface area (Å²) in [6.45, 7) is 6.74. The topological polar surface area (TPSA) is 92.3 Å². The summed E-state index contributed by atoms with van der Waals surface area (Å²) in [5, 5.41) is 6.03. The van der Waals surface area contributed by atoms with E-state index in [-0.39, 0.29) is 41.8 Å². The minimum absolute atomic E-state index is 0. The van der Waals surface area contributed by atoms with Gasteiger partial charge in [0.1, 0.15) is 12.4 Å². The van der Waals surface area contributed by atoms with Gasteiger partial charge in [0.15, 0.2) is 5.96 Å². The molecule has 162 valence electrons. The number of hydrogen-bond donors (Lipinski definition) is 2. The molecule has 1 amide bonds. The number of rotatable bonds is 7. The van der Waals surface area contributed by atoms with Crippen molar-refractivity contribution < 1.29 is 19.1 Å². The van der Waals surface area contributed by atoms with E-state index in [4.69, 9.17) is 9.47 Å². The SMILES string of the molecule is CCNC(=NCCOc1cccc(NC(C)=O)c1)N1CCC(C(=O)OC)CC1.I. The number of carbonyl (C=O) groups is 2. The molecule has 2 rings (SSSR count). The average Bonchev–Trinajstić information content (AvgIpc) is 2.69. The Labute approximate surface area is 189 Å². The first-order valence-corrected chi connectivity index (χ1v) is 9.65. The third kappa shape index (κ3) is 8.46. The van der Waals surface area contributed by atoms with Crippen molar-refractivity contribution in [1.29, 1.82) is 0 Å². The van der Waals surface area contributed by atoms with Gasteiger partial charge in [-0.2, -0.15) is 0 Å². The third-order valence-corrected chi connectivity index (χ3v) is 4.44. The minimum atomic E-state index is -0.128. The van der Waals surface area contributed by atoms with Crippen molar-refractivity contribution >= 4 is 47.5 Å². The molecule has 1 fully saturated rings. The zero-order chi connectivity index (χ0) is 20.4. The predicted octanol–water partition coefficient (Wildman–Crippen LogP) is 2.49. The lowest BCUT2D eigenvalue weighted by molar-refractivity contribution is -0.146. The molecule has 1 aliphatic heterocycles. The fourth-order valence-electron chi connectivity index (χ4n) is 3.10. The highest BCUT2D eigenvalue weighted by Crippen LogP contribution is 2.19. The second-order valence-electron chi connectivity index (χ2n) is 6.58. The Balaban J connectivity index is 0.00000420. The van der Waals surface area contributed by atoms with E-state index in [9.17, 15) is 9.59 Å². The molecule has 0 aliphatic carbocycles. The van der Waals surface area contributed by atoms with Crippen LogP contribution in [0, 0.1) is 5.92 Å². The number of carbonyl (C=O) groups excluding carboxylic acids is 2. The largest absolute Gasteiger partial charge is 0.492 e. The summed E-state index contributed by atoms with van der Waals surface area (Å²) in [4.78, 5) is 29.6. The molecular weight excluding hydrogens is 487 g/mol. The van der Waals surface area contributed by atoms with Crippen molar-refractivity contribution in [2.45, 2.75) is 26.7 Å². The van der Waals surface area contributed by atoms with E-state index in [0.717, 1.165) is 38.4 Å². The lowest BCUT2D eigenvalue weighted by Gasteiger charge is -2.33. The number of aliphatic imine (C=N–C) groups is 1. The molecule has 1 heterocycles. The number of piperidine rings is 1. The molecule has 1 aromatic rings. The Morgan fingerprint density at radius 2 is 2.00 bits per heavy atom. The number of nitrogens with one attached hydrogen (secondary N) is 2. The minimum Gasteiger partial charge on any atom is -0.492 e. The summed E-state index contributed by atoms with van der Waals surface area (Å²) in [5.41, 5.74) is 0.704. The summed E-state index contributed by atoms with van der Waals surface area (Å²) >= 11 is 0. The second-order valence-corrected chi connectivity index (χ2v) is 6.58. The normalized spacial score (nSPS) is 14.6. The number of anilines is 1. The molecule has 2 N–H and O–H groups in total. The molecule has 0 unspecified atom stereocenters. The Morgan fingerprint density at radius 1 is 1.28 bits per heavy atom. The van der Waals surface area contributed by atoms with E-state index in [1.807, 2.05) is 25.1 Å². The number of methoxy groups -OCH3 is 1. The van der Waals surface area contributed by atoms with Gasteiger partial charge in [0.25, 0.3) is 0 Å². The van der Waals surface area contributed by atoms with Gasteiger partial charge in [-0.05, 0) is 31.9 Å². The van der Waals surface area contributed by atoms with Gasteiger partial charge in [0, 0.05) is 38.3 Å². The Hall–Kier alpha value is -2.04. The number of nitrogens with zero attached hydrogens (tertiary/aromatic N) is 2. The van der Waals surface area contributed by atoms with E-state index >= 15 is 0 Å². The first-order chi connectivity index (χ1) is 13.5. The standard InChI is InChI=1S/C20H30N4O4.HI/c1-4-21-20(24-11-8-16(9-12-24)19(26)27-3)22-10-13-28-18-7-5-6-17(14-18)23-15(2)25;/h5-7,14,16H,4,8-13H2,1-3H3,(H,21,22)(H,23,25);1H. The van der Waals surface area contributed by atoms with Gasteiger partial charge >= 0.3 is 5.97 Å². The van der Waals surface area contributed by atoms with Crippen molar-refractivity contribution in [2.75, 3.05) is 45.2 Å². The molecule has 0 radical (unpaired) electrons. The van der Waals surface area contributed by atoms with Crippen LogP contribution in [0.1, 0.15) is 26.7 Å². The van der Waals surface area contributed by atoms with Gasteiger partial charge in [0.2, 0.25) is 5.91 Å². The Kier molecular flexibility index (Phi) is 11.4. The maximum Gasteiger partial charge on any atom is 0.308 e. The molecule has 1 aliphatic rings. The van der Waals surface area contributed by atoms with Crippen molar-refractivity contribution in [1.82, 2.24) is 10.2 Å². The lowest BCUT2D eigenvalue weighted by Crippen LogP contribution is -2.46. The smallest absolute Gasteiger partial charge is 0.308 e. The summed E-state index contributed by atoms with van der Waals surface area (Å²) in [7, 11) is 1.44. The van der Waals surface area contributed by atoms with Gasteiger partial charge in [-0.3, -0.25) is 9.59 Å². The molecular formula is C20H31IN4O4. The van der Waals surface area contributed by atoms with Gasteiger partial charge in [-0.25, -0.2) is 4.99 Å². The number of esters is 1. The Morgan fingerprint density at radius 3 is 2.62 bits per heavy atom. The van der Waals surface area contributed by atoms with Crippen molar-refractivity contribution in [3.8, 4) is 5.75 Å². The van der Waals surface area contributed by atoms with E-state index in [1.54, 1.807) is 6.07 Å². The molecule has 0 atom stereocenters. The fraction of sp³-hybridized carbons (Fsp3) is 0.550. The molecule has 1 aromatic carbocycles. The van der Waals surface area contributed by atoms with Crippen molar-refractivity contribution in [2.24, 2.45) is 10.9 Å². The molecule has 29 heavy (non-hydrogen) atoms. The molecule has 9 heteroatoms. The number of amides is 1. The zero-order valence-corrected chi connectivity index (χ0v) is 19.6. The van der Waals surface area contributed by atoms with Gasteiger partial charge in [-0.15, -0.1) is 24.0 Å². The molecule has 0 saturated carbocycles. The second kappa shape index (κ2) is 13.2. The first-order valence-electron chi connectivity index (χ1n) is 9.65. The highest BCUT2D eigenvalue weighted by molar-refractivity contribution is 14.0. The lowest BCUT2D eigenvalue weighted by atomic mass is 9.97. The fourth-order valence-corrected chi connectivity index (χ4v) is 3.10. The number of likely N-dealkylation sites (tertiary alicyclic amines) is 1. The zero-order valence-electron chi connectivity index (χ0n) is 17.3. The molecule has 0 bridgehead atoms. The molecule has 1 saturated heterocycles. The number of halogens is 1. The molecule has 0 spiro atoms. The van der Waals surface area contributed by atoms with Crippen LogP contribution in [0.5, 0.6) is 5.75 Å². The van der Waals surface area contributed by atoms with Gasteiger partial charge in [0.05, 0.1) is 19.6 Å². The summed E-state index contributed by atoms with van der Waals surface area (Å²) in [6.07, 6.45) is 1.53. The number of ether oxygens (including phenoxy) is 2. The molecule has 8 nitrogen and oxygen atoms in total. The van der Waals surface area contributed by atoms with Crippen LogP contribution in [0.25, 0.3) is 0 Å². The Bertz CT molecular complexity index is 691. The molecule has 0 aromatic heterocycles. The van der Waals surface area contributed by atoms with Crippen molar-refractivity contribution in [3.05, 3.63) is 24.3 Å². The first kappa shape index (κ1) is 25.0. The van der Waals surface area contributed by atoms with Crippen LogP contribution in [0.15, 0.2) is 29.3 Å². The average molecular weight is 518 g/mol. The number of benzene rings is 1. The maximum absolute atomic E-state index is 11.7. The van der Waals surface area contributed by atoms with Gasteiger partial charge < -0.3 is 25.0 Å². The van der Waals surface area contributed by atoms with Gasteiger partial charge in [-0.1, -0.05) is 6.07 Å². The maximum atomic E-state index is 11.7. The van der Waals surface area contributed by atoms with Crippen molar-refractivity contribution in [3.63, 3.8) is 0 Å².